The highest BCUT2D eigenvalue weighted by molar-refractivity contribution is 6.60. The molecule has 120 valence electrons. The van der Waals surface area contributed by atoms with E-state index in [1.165, 1.54) is 0 Å². The molecule has 1 aromatic heterocycles. The zero-order chi connectivity index (χ0) is 16.8. The van der Waals surface area contributed by atoms with E-state index in [0.717, 1.165) is 11.3 Å². The molecule has 0 aliphatic carbocycles. The fraction of sp³-hybridized carbons (Fsp3) is 0.529. The Balaban J connectivity index is 2.97. The van der Waals surface area contributed by atoms with Gasteiger partial charge in [0.25, 0.3) is 0 Å². The van der Waals surface area contributed by atoms with Gasteiger partial charge in [0.1, 0.15) is 0 Å². The van der Waals surface area contributed by atoms with Crippen LogP contribution in [0.25, 0.3) is 5.57 Å². The van der Waals surface area contributed by atoms with E-state index < -0.39 is 7.12 Å². The van der Waals surface area contributed by atoms with E-state index in [9.17, 15) is 0 Å². The molecule has 0 saturated carbocycles. The molecule has 1 rings (SSSR count). The van der Waals surface area contributed by atoms with Crippen molar-refractivity contribution in [3.05, 3.63) is 36.3 Å². The lowest BCUT2D eigenvalue weighted by Crippen LogP contribution is -2.45. The van der Waals surface area contributed by atoms with Crippen molar-refractivity contribution in [3.63, 3.8) is 0 Å². The van der Waals surface area contributed by atoms with E-state index in [2.05, 4.69) is 9.97 Å². The summed E-state index contributed by atoms with van der Waals surface area (Å²) in [7, 11) is -0.513. The number of hydrogen-bond acceptors (Lipinski definition) is 4. The van der Waals surface area contributed by atoms with Gasteiger partial charge >= 0.3 is 7.12 Å². The third-order valence-electron chi connectivity index (χ3n) is 2.71. The average Bonchev–Trinajstić information content (AvgIpc) is 2.42. The van der Waals surface area contributed by atoms with Gasteiger partial charge in [-0.15, -0.1) is 0 Å². The van der Waals surface area contributed by atoms with Crippen LogP contribution in [0.5, 0.6) is 0 Å². The molecular formula is C17H27BN2O2. The van der Waals surface area contributed by atoms with Crippen molar-refractivity contribution >= 4 is 18.3 Å². The summed E-state index contributed by atoms with van der Waals surface area (Å²) in [5.74, 6) is 0. The predicted molar refractivity (Wildman–Crippen MR) is 92.9 cm³/mol. The van der Waals surface area contributed by atoms with E-state index in [1.54, 1.807) is 12.4 Å². The molecule has 4 nitrogen and oxygen atoms in total. The van der Waals surface area contributed by atoms with Crippen molar-refractivity contribution in [1.29, 1.82) is 0 Å². The third kappa shape index (κ3) is 6.54. The largest absolute Gasteiger partial charge is 0.515 e. The van der Waals surface area contributed by atoms with Crippen LogP contribution < -0.4 is 5.59 Å². The Morgan fingerprint density at radius 3 is 2.36 bits per heavy atom. The normalized spacial score (nSPS) is 13.2. The minimum atomic E-state index is -0.513. The van der Waals surface area contributed by atoms with Crippen LogP contribution in [-0.2, 0) is 9.31 Å². The van der Waals surface area contributed by atoms with E-state index in [0.29, 0.717) is 5.59 Å². The summed E-state index contributed by atoms with van der Waals surface area (Å²) >= 11 is 0. The maximum atomic E-state index is 5.95. The number of hydrogen-bond donors (Lipinski definition) is 0. The lowest BCUT2D eigenvalue weighted by atomic mass is 9.83. The molecule has 22 heavy (non-hydrogen) atoms. The highest BCUT2D eigenvalue weighted by Gasteiger charge is 2.30. The molecule has 0 aliphatic rings. The molecule has 0 aliphatic heterocycles. The van der Waals surface area contributed by atoms with Crippen LogP contribution in [-0.4, -0.2) is 28.8 Å². The minimum absolute atomic E-state index is 0.0464. The van der Waals surface area contributed by atoms with Gasteiger partial charge in [-0.25, -0.2) is 0 Å². The van der Waals surface area contributed by atoms with Gasteiger partial charge in [-0.3, -0.25) is 9.97 Å². The topological polar surface area (TPSA) is 44.2 Å². The fourth-order valence-corrected chi connectivity index (χ4v) is 1.72. The van der Waals surface area contributed by atoms with Crippen LogP contribution >= 0.6 is 0 Å². The maximum absolute atomic E-state index is 5.95. The summed E-state index contributed by atoms with van der Waals surface area (Å²) in [6, 6.07) is 0. The molecule has 5 heteroatoms. The zero-order valence-corrected chi connectivity index (χ0v) is 14.8. The van der Waals surface area contributed by atoms with Gasteiger partial charge in [0.2, 0.25) is 0 Å². The second kappa shape index (κ2) is 8.25. The summed E-state index contributed by atoms with van der Waals surface area (Å²) in [6.07, 6.45) is 9.50. The van der Waals surface area contributed by atoms with Crippen LogP contribution in [0.4, 0.5) is 0 Å². The zero-order valence-electron chi connectivity index (χ0n) is 14.8. The Labute approximate surface area is 134 Å². The number of rotatable bonds is 6. The summed E-state index contributed by atoms with van der Waals surface area (Å²) in [6.45, 7) is 13.9. The summed E-state index contributed by atoms with van der Waals surface area (Å²) in [5, 5.41) is 0. The summed E-state index contributed by atoms with van der Waals surface area (Å²) in [5.41, 5.74) is 2.28. The van der Waals surface area contributed by atoms with Crippen molar-refractivity contribution in [3.8, 4) is 0 Å². The van der Waals surface area contributed by atoms with Crippen LogP contribution in [0.1, 0.15) is 54.2 Å². The van der Waals surface area contributed by atoms with Crippen LogP contribution in [0.15, 0.2) is 30.6 Å². The highest BCUT2D eigenvalue weighted by atomic mass is 16.6. The van der Waals surface area contributed by atoms with Crippen LogP contribution in [0.3, 0.4) is 0 Å². The van der Waals surface area contributed by atoms with Gasteiger partial charge in [-0.1, -0.05) is 18.2 Å². The van der Waals surface area contributed by atoms with Crippen LogP contribution in [0, 0.1) is 0 Å². The second-order valence-electron chi connectivity index (χ2n) is 6.45. The molecule has 0 saturated heterocycles. The van der Waals surface area contributed by atoms with E-state index >= 15 is 0 Å². The molecule has 0 radical (unpaired) electrons. The second-order valence-corrected chi connectivity index (χ2v) is 6.45. The summed E-state index contributed by atoms with van der Waals surface area (Å²) < 4.78 is 11.8. The Morgan fingerprint density at radius 2 is 1.91 bits per heavy atom. The van der Waals surface area contributed by atoms with Gasteiger partial charge in [-0.2, -0.15) is 0 Å². The number of allylic oxidation sites excluding steroid dienone is 4. The molecule has 0 fully saturated rings. The Morgan fingerprint density at radius 1 is 1.23 bits per heavy atom. The molecule has 0 aromatic carbocycles. The number of aromatic nitrogens is 2. The first-order chi connectivity index (χ1) is 10.2. The van der Waals surface area contributed by atoms with Crippen molar-refractivity contribution < 1.29 is 9.31 Å². The Bertz CT molecular complexity index is 516. The lowest BCUT2D eigenvalue weighted by molar-refractivity contribution is 0.0752. The summed E-state index contributed by atoms with van der Waals surface area (Å²) in [4.78, 5) is 8.93. The monoisotopic (exact) mass is 302 g/mol. The van der Waals surface area contributed by atoms with E-state index in [1.807, 2.05) is 66.7 Å². The van der Waals surface area contributed by atoms with Gasteiger partial charge in [0, 0.05) is 17.9 Å². The minimum Gasteiger partial charge on any atom is -0.404 e. The standard InChI is InChI=1S/C17H27BN2O2/c1-8-9-10-14(4)15-11-20-16(12-19-15)18(21-13(2)3)22-17(5,6)7/h8-13H,1-7H3/b9-8-,14-10+. The molecule has 0 amide bonds. The van der Waals surface area contributed by atoms with Gasteiger partial charge in [0.15, 0.2) is 0 Å². The molecule has 1 aromatic rings. The van der Waals surface area contributed by atoms with Gasteiger partial charge < -0.3 is 9.31 Å². The van der Waals surface area contributed by atoms with Gasteiger partial charge in [-0.05, 0) is 54.0 Å². The molecule has 0 spiro atoms. The van der Waals surface area contributed by atoms with E-state index in [-0.39, 0.29) is 11.7 Å². The molecule has 0 bridgehead atoms. The highest BCUT2D eigenvalue weighted by Crippen LogP contribution is 2.12. The van der Waals surface area contributed by atoms with Crippen molar-refractivity contribution in [1.82, 2.24) is 9.97 Å². The average molecular weight is 302 g/mol. The first-order valence-corrected chi connectivity index (χ1v) is 7.68. The first-order valence-electron chi connectivity index (χ1n) is 7.68. The van der Waals surface area contributed by atoms with Crippen molar-refractivity contribution in [2.45, 2.75) is 60.2 Å². The third-order valence-corrected chi connectivity index (χ3v) is 2.71. The molecule has 0 unspecified atom stereocenters. The fourth-order valence-electron chi connectivity index (χ4n) is 1.72. The molecular weight excluding hydrogens is 275 g/mol. The Kier molecular flexibility index (Phi) is 6.97. The van der Waals surface area contributed by atoms with Crippen molar-refractivity contribution in [2.24, 2.45) is 0 Å². The van der Waals surface area contributed by atoms with Crippen molar-refractivity contribution in [2.75, 3.05) is 0 Å². The maximum Gasteiger partial charge on any atom is 0.515 e. The van der Waals surface area contributed by atoms with Gasteiger partial charge in [0.05, 0.1) is 17.5 Å². The predicted octanol–water partition coefficient (Wildman–Crippen LogP) is 3.39. The Hall–Kier alpha value is -1.46. The molecule has 0 N–H and O–H groups in total. The molecule has 0 atom stereocenters. The quantitative estimate of drug-likeness (QED) is 0.597. The molecule has 1 heterocycles. The van der Waals surface area contributed by atoms with Crippen LogP contribution in [0.2, 0.25) is 0 Å². The number of nitrogens with zero attached hydrogens (tertiary/aromatic N) is 2. The smallest absolute Gasteiger partial charge is 0.404 e. The lowest BCUT2D eigenvalue weighted by Gasteiger charge is -2.26. The SMILES string of the molecule is C/C=C\C=C(/C)c1cnc(B(OC(C)C)OC(C)(C)C)cn1. The van der Waals surface area contributed by atoms with E-state index in [4.69, 9.17) is 9.31 Å². The first kappa shape index (κ1) is 18.6.